The summed E-state index contributed by atoms with van der Waals surface area (Å²) >= 11 is 0. The molecule has 122 valence electrons. The van der Waals surface area contributed by atoms with Gasteiger partial charge in [-0.25, -0.2) is 4.79 Å². The molecule has 1 heterocycles. The highest BCUT2D eigenvalue weighted by Crippen LogP contribution is 2.36. The fourth-order valence-corrected chi connectivity index (χ4v) is 2.86. The van der Waals surface area contributed by atoms with Crippen LogP contribution in [0.1, 0.15) is 32.6 Å². The van der Waals surface area contributed by atoms with Crippen molar-refractivity contribution in [1.82, 2.24) is 15.5 Å². The van der Waals surface area contributed by atoms with Crippen LogP contribution in [-0.2, 0) is 19.1 Å². The van der Waals surface area contributed by atoms with Crippen molar-refractivity contribution >= 4 is 23.8 Å². The van der Waals surface area contributed by atoms with Gasteiger partial charge in [-0.3, -0.25) is 19.3 Å². The van der Waals surface area contributed by atoms with Gasteiger partial charge in [-0.2, -0.15) is 0 Å². The zero-order valence-electron chi connectivity index (χ0n) is 12.8. The zero-order valence-corrected chi connectivity index (χ0v) is 12.8. The molecule has 8 heteroatoms. The highest BCUT2D eigenvalue weighted by atomic mass is 16.5. The van der Waals surface area contributed by atoms with Gasteiger partial charge in [0, 0.05) is 0 Å². The van der Waals surface area contributed by atoms with Crippen molar-refractivity contribution in [3.05, 3.63) is 0 Å². The van der Waals surface area contributed by atoms with E-state index in [1.807, 2.05) is 0 Å². The lowest BCUT2D eigenvalue weighted by Gasteiger charge is -2.33. The second-order valence-corrected chi connectivity index (χ2v) is 5.94. The molecule has 2 fully saturated rings. The number of carbonyl (C=O) groups excluding carboxylic acids is 4. The van der Waals surface area contributed by atoms with E-state index in [0.29, 0.717) is 18.8 Å². The number of esters is 1. The largest absolute Gasteiger partial charge is 0.468 e. The van der Waals surface area contributed by atoms with Crippen LogP contribution in [0.5, 0.6) is 0 Å². The number of methoxy groups -OCH3 is 1. The van der Waals surface area contributed by atoms with Crippen LogP contribution in [0.4, 0.5) is 4.79 Å². The molecule has 0 atom stereocenters. The monoisotopic (exact) mass is 311 g/mol. The van der Waals surface area contributed by atoms with E-state index >= 15 is 0 Å². The van der Waals surface area contributed by atoms with Gasteiger partial charge in [0.05, 0.1) is 7.11 Å². The molecule has 1 aliphatic heterocycles. The van der Waals surface area contributed by atoms with E-state index in [4.69, 9.17) is 0 Å². The number of ether oxygens (including phenoxy) is 1. The molecule has 1 spiro atoms. The molecule has 0 unspecified atom stereocenters. The first-order valence-electron chi connectivity index (χ1n) is 7.35. The predicted octanol–water partition coefficient (Wildman–Crippen LogP) is -0.224. The highest BCUT2D eigenvalue weighted by Gasteiger charge is 2.52. The molecule has 0 aromatic carbocycles. The number of hydrogen-bond donors (Lipinski definition) is 2. The maximum Gasteiger partial charge on any atom is 0.325 e. The third-order valence-corrected chi connectivity index (χ3v) is 4.33. The molecule has 8 nitrogen and oxygen atoms in total. The number of nitrogens with zero attached hydrogens (tertiary/aromatic N) is 1. The predicted molar refractivity (Wildman–Crippen MR) is 75.6 cm³/mol. The Hall–Kier alpha value is -2.12. The molecule has 4 amide bonds. The first kappa shape index (κ1) is 16.3. The Morgan fingerprint density at radius 3 is 2.59 bits per heavy atom. The van der Waals surface area contributed by atoms with Crippen molar-refractivity contribution < 1.29 is 23.9 Å². The van der Waals surface area contributed by atoms with Gasteiger partial charge >= 0.3 is 12.0 Å². The summed E-state index contributed by atoms with van der Waals surface area (Å²) in [4.78, 5) is 48.1. The van der Waals surface area contributed by atoms with Crippen molar-refractivity contribution in [3.63, 3.8) is 0 Å². The topological polar surface area (TPSA) is 105 Å². The standard InChI is InChI=1S/C14H21N3O5/c1-9-3-5-14(6-4-9)12(20)17(13(21)16-14)8-10(18)15-7-11(19)22-2/h9H,3-8H2,1-2H3,(H,15,18)(H,16,21). The van der Waals surface area contributed by atoms with Crippen LogP contribution in [-0.4, -0.2) is 54.5 Å². The molecule has 2 N–H and O–H groups in total. The first-order valence-corrected chi connectivity index (χ1v) is 7.35. The van der Waals surface area contributed by atoms with Gasteiger partial charge in [-0.1, -0.05) is 6.92 Å². The molecule has 0 aromatic rings. The van der Waals surface area contributed by atoms with E-state index < -0.39 is 23.4 Å². The quantitative estimate of drug-likeness (QED) is 0.551. The Morgan fingerprint density at radius 1 is 1.36 bits per heavy atom. The lowest BCUT2D eigenvalue weighted by molar-refractivity contribution is -0.141. The third kappa shape index (κ3) is 3.20. The number of urea groups is 1. The third-order valence-electron chi connectivity index (χ3n) is 4.33. The van der Waals surface area contributed by atoms with Gasteiger partial charge in [0.1, 0.15) is 18.6 Å². The van der Waals surface area contributed by atoms with E-state index in [-0.39, 0.29) is 19.0 Å². The molecule has 22 heavy (non-hydrogen) atoms. The highest BCUT2D eigenvalue weighted by molar-refractivity contribution is 6.09. The van der Waals surface area contributed by atoms with Crippen molar-refractivity contribution in [2.24, 2.45) is 5.92 Å². The van der Waals surface area contributed by atoms with Gasteiger partial charge < -0.3 is 15.4 Å². The summed E-state index contributed by atoms with van der Waals surface area (Å²) in [6, 6.07) is -0.548. The summed E-state index contributed by atoms with van der Waals surface area (Å²) in [5, 5.41) is 5.05. The minimum atomic E-state index is -0.855. The summed E-state index contributed by atoms with van der Waals surface area (Å²) < 4.78 is 4.40. The van der Waals surface area contributed by atoms with Crippen LogP contribution in [0, 0.1) is 5.92 Å². The number of amides is 4. The fraction of sp³-hybridized carbons (Fsp3) is 0.714. The van der Waals surface area contributed by atoms with Crippen LogP contribution in [0.25, 0.3) is 0 Å². The van der Waals surface area contributed by atoms with Crippen molar-refractivity contribution in [2.75, 3.05) is 20.2 Å². The smallest absolute Gasteiger partial charge is 0.325 e. The summed E-state index contributed by atoms with van der Waals surface area (Å²) in [6.45, 7) is 1.44. The maximum atomic E-state index is 12.5. The number of imide groups is 1. The summed E-state index contributed by atoms with van der Waals surface area (Å²) in [5.41, 5.74) is -0.855. The molecule has 0 bridgehead atoms. The molecule has 1 saturated carbocycles. The molecule has 1 aliphatic carbocycles. The number of hydrogen-bond acceptors (Lipinski definition) is 5. The van der Waals surface area contributed by atoms with Gasteiger partial charge in [0.25, 0.3) is 5.91 Å². The van der Waals surface area contributed by atoms with Crippen LogP contribution < -0.4 is 10.6 Å². The normalized spacial score (nSPS) is 27.7. The van der Waals surface area contributed by atoms with E-state index in [0.717, 1.165) is 17.7 Å². The van der Waals surface area contributed by atoms with Crippen LogP contribution >= 0.6 is 0 Å². The lowest BCUT2D eigenvalue weighted by atomic mass is 9.77. The number of carbonyl (C=O) groups is 4. The summed E-state index contributed by atoms with van der Waals surface area (Å²) in [5.74, 6) is -0.983. The van der Waals surface area contributed by atoms with Crippen molar-refractivity contribution in [1.29, 1.82) is 0 Å². The van der Waals surface area contributed by atoms with Crippen LogP contribution in [0.2, 0.25) is 0 Å². The maximum absolute atomic E-state index is 12.5. The Morgan fingerprint density at radius 2 is 2.00 bits per heavy atom. The van der Waals surface area contributed by atoms with E-state index in [9.17, 15) is 19.2 Å². The van der Waals surface area contributed by atoms with E-state index in [2.05, 4.69) is 22.3 Å². The lowest BCUT2D eigenvalue weighted by Crippen LogP contribution is -2.50. The molecular weight excluding hydrogens is 290 g/mol. The molecule has 0 aromatic heterocycles. The van der Waals surface area contributed by atoms with Gasteiger partial charge in [-0.15, -0.1) is 0 Å². The van der Waals surface area contributed by atoms with Gasteiger partial charge in [0.15, 0.2) is 0 Å². The summed E-state index contributed by atoms with van der Waals surface area (Å²) in [6.07, 6.45) is 2.93. The number of rotatable bonds is 4. The Balaban J connectivity index is 1.95. The van der Waals surface area contributed by atoms with Crippen molar-refractivity contribution in [2.45, 2.75) is 38.1 Å². The fourth-order valence-electron chi connectivity index (χ4n) is 2.86. The average Bonchev–Trinajstić information content (AvgIpc) is 2.72. The average molecular weight is 311 g/mol. The molecule has 2 aliphatic rings. The minimum Gasteiger partial charge on any atom is -0.468 e. The van der Waals surface area contributed by atoms with Crippen molar-refractivity contribution in [3.8, 4) is 0 Å². The molecule has 0 radical (unpaired) electrons. The van der Waals surface area contributed by atoms with Gasteiger partial charge in [0.2, 0.25) is 5.91 Å². The molecule has 2 rings (SSSR count). The SMILES string of the molecule is COC(=O)CNC(=O)CN1C(=O)NC2(CCC(C)CC2)C1=O. The summed E-state index contributed by atoms with van der Waals surface area (Å²) in [7, 11) is 1.21. The second kappa shape index (κ2) is 6.33. The Bertz CT molecular complexity index is 497. The van der Waals surface area contributed by atoms with Crippen LogP contribution in [0.3, 0.4) is 0 Å². The van der Waals surface area contributed by atoms with E-state index in [1.54, 1.807) is 0 Å². The minimum absolute atomic E-state index is 0.290. The Kier molecular flexibility index (Phi) is 4.68. The zero-order chi connectivity index (χ0) is 16.3. The molecular formula is C14H21N3O5. The second-order valence-electron chi connectivity index (χ2n) is 5.94. The van der Waals surface area contributed by atoms with Gasteiger partial charge in [-0.05, 0) is 31.6 Å². The Labute approximate surface area is 128 Å². The molecule has 1 saturated heterocycles. The first-order chi connectivity index (χ1) is 10.4. The number of nitrogens with one attached hydrogen (secondary N) is 2. The van der Waals surface area contributed by atoms with Crippen LogP contribution in [0.15, 0.2) is 0 Å². The van der Waals surface area contributed by atoms with E-state index in [1.165, 1.54) is 7.11 Å².